The van der Waals surface area contributed by atoms with Crippen LogP contribution < -0.4 is 20.5 Å². The highest BCUT2D eigenvalue weighted by Crippen LogP contribution is 2.42. The van der Waals surface area contributed by atoms with Gasteiger partial charge in [-0.15, -0.1) is 0 Å². The Morgan fingerprint density at radius 2 is 1.58 bits per heavy atom. The van der Waals surface area contributed by atoms with Crippen LogP contribution in [0, 0.1) is 11.3 Å². The minimum atomic E-state index is -0.799. The van der Waals surface area contributed by atoms with Crippen molar-refractivity contribution in [3.63, 3.8) is 0 Å². The number of nitrogens with two attached hydrogens (primary N) is 1. The number of hydrogen-bond acceptors (Lipinski definition) is 8. The Morgan fingerprint density at radius 1 is 0.974 bits per heavy atom. The molecule has 4 aromatic rings. The van der Waals surface area contributed by atoms with Crippen LogP contribution in [0.4, 0.5) is 11.6 Å². The molecule has 0 radical (unpaired) electrons. The van der Waals surface area contributed by atoms with Gasteiger partial charge >= 0.3 is 5.97 Å². The van der Waals surface area contributed by atoms with E-state index < -0.39 is 18.5 Å². The molecule has 0 bridgehead atoms. The van der Waals surface area contributed by atoms with Crippen molar-refractivity contribution in [1.29, 1.82) is 5.26 Å². The maximum absolute atomic E-state index is 12.7. The van der Waals surface area contributed by atoms with Gasteiger partial charge in [-0.05, 0) is 60.2 Å². The Balaban J connectivity index is 1.64. The van der Waals surface area contributed by atoms with Gasteiger partial charge in [-0.2, -0.15) is 5.26 Å². The van der Waals surface area contributed by atoms with Gasteiger partial charge in [-0.1, -0.05) is 23.7 Å². The van der Waals surface area contributed by atoms with Crippen molar-refractivity contribution in [3.05, 3.63) is 82.9 Å². The van der Waals surface area contributed by atoms with Crippen molar-refractivity contribution < 1.29 is 28.2 Å². The lowest BCUT2D eigenvalue weighted by Gasteiger charge is -2.07. The van der Waals surface area contributed by atoms with E-state index in [2.05, 4.69) is 11.4 Å². The van der Waals surface area contributed by atoms with Gasteiger partial charge in [0, 0.05) is 21.8 Å². The SMILES string of the molecule is COc1ccc(-c2oc(NC(=O)COC(=O)c3ccc(Cl)cc3N)c(C#N)c2-c2ccc(OC)cc2)cc1. The molecule has 4 rings (SSSR count). The van der Waals surface area contributed by atoms with Crippen LogP contribution in [0.5, 0.6) is 11.5 Å². The summed E-state index contributed by atoms with van der Waals surface area (Å²) in [6, 6.07) is 20.5. The molecular formula is C28H22ClN3O6. The first kappa shape index (κ1) is 26.1. The first-order chi connectivity index (χ1) is 18.3. The van der Waals surface area contributed by atoms with Crippen molar-refractivity contribution in [3.8, 4) is 40.0 Å². The fourth-order valence-electron chi connectivity index (χ4n) is 3.70. The van der Waals surface area contributed by atoms with E-state index in [0.29, 0.717) is 39.0 Å². The molecule has 9 nitrogen and oxygen atoms in total. The maximum atomic E-state index is 12.7. The third kappa shape index (κ3) is 5.56. The van der Waals surface area contributed by atoms with Crippen LogP contribution in [0.15, 0.2) is 71.1 Å². The van der Waals surface area contributed by atoms with Crippen molar-refractivity contribution in [2.24, 2.45) is 0 Å². The summed E-state index contributed by atoms with van der Waals surface area (Å²) in [5.41, 5.74) is 7.89. The quantitative estimate of drug-likeness (QED) is 0.223. The fourth-order valence-corrected chi connectivity index (χ4v) is 3.88. The normalized spacial score (nSPS) is 10.4. The minimum Gasteiger partial charge on any atom is -0.497 e. The van der Waals surface area contributed by atoms with Crippen molar-refractivity contribution in [2.45, 2.75) is 0 Å². The summed E-state index contributed by atoms with van der Waals surface area (Å²) in [5.74, 6) is 0.0412. The number of nitrogens with zero attached hydrogens (tertiary/aromatic N) is 1. The molecule has 1 heterocycles. The second-order valence-electron chi connectivity index (χ2n) is 7.93. The summed E-state index contributed by atoms with van der Waals surface area (Å²) in [5, 5.41) is 12.9. The van der Waals surface area contributed by atoms with E-state index in [1.807, 2.05) is 0 Å². The highest BCUT2D eigenvalue weighted by molar-refractivity contribution is 6.31. The number of methoxy groups -OCH3 is 2. The number of rotatable bonds is 8. The molecule has 1 amide bonds. The summed E-state index contributed by atoms with van der Waals surface area (Å²) in [6.45, 7) is -0.637. The number of ether oxygens (including phenoxy) is 3. The van der Waals surface area contributed by atoms with Crippen molar-refractivity contribution in [1.82, 2.24) is 0 Å². The Hall–Kier alpha value is -4.94. The number of carbonyl (C=O) groups excluding carboxylic acids is 2. The van der Waals surface area contributed by atoms with Gasteiger partial charge in [0.1, 0.15) is 28.9 Å². The largest absolute Gasteiger partial charge is 0.497 e. The molecule has 0 aliphatic heterocycles. The monoisotopic (exact) mass is 531 g/mol. The topological polar surface area (TPSA) is 137 Å². The zero-order valence-corrected chi connectivity index (χ0v) is 21.2. The van der Waals surface area contributed by atoms with Crippen LogP contribution in [0.1, 0.15) is 15.9 Å². The number of furan rings is 1. The van der Waals surface area contributed by atoms with Crippen LogP contribution in [0.2, 0.25) is 5.02 Å². The molecule has 0 saturated carbocycles. The number of hydrogen-bond donors (Lipinski definition) is 2. The minimum absolute atomic E-state index is 0.0708. The molecule has 3 N–H and O–H groups in total. The number of nitriles is 1. The highest BCUT2D eigenvalue weighted by Gasteiger charge is 2.25. The molecule has 0 aliphatic carbocycles. The summed E-state index contributed by atoms with van der Waals surface area (Å²) >= 11 is 5.86. The summed E-state index contributed by atoms with van der Waals surface area (Å²) < 4.78 is 21.6. The Bertz CT molecular complexity index is 1520. The summed E-state index contributed by atoms with van der Waals surface area (Å²) in [4.78, 5) is 25.0. The van der Waals surface area contributed by atoms with E-state index >= 15 is 0 Å². The molecule has 3 aromatic carbocycles. The fraction of sp³-hybridized carbons (Fsp3) is 0.107. The average molecular weight is 532 g/mol. The molecule has 0 unspecified atom stereocenters. The average Bonchev–Trinajstić information content (AvgIpc) is 3.29. The van der Waals surface area contributed by atoms with Gasteiger partial charge < -0.3 is 24.4 Å². The number of carbonyl (C=O) groups is 2. The second kappa shape index (κ2) is 11.4. The lowest BCUT2D eigenvalue weighted by Crippen LogP contribution is -2.21. The third-order valence-corrected chi connectivity index (χ3v) is 5.81. The molecular weight excluding hydrogens is 510 g/mol. The van der Waals surface area contributed by atoms with E-state index in [0.717, 1.165) is 0 Å². The molecule has 10 heteroatoms. The number of nitrogens with one attached hydrogen (secondary N) is 1. The maximum Gasteiger partial charge on any atom is 0.340 e. The molecule has 1 aromatic heterocycles. The third-order valence-electron chi connectivity index (χ3n) is 5.57. The first-order valence-electron chi connectivity index (χ1n) is 11.2. The second-order valence-corrected chi connectivity index (χ2v) is 8.37. The van der Waals surface area contributed by atoms with E-state index in [4.69, 9.17) is 36.0 Å². The number of anilines is 2. The van der Waals surface area contributed by atoms with Gasteiger partial charge in [-0.3, -0.25) is 10.1 Å². The predicted octanol–water partition coefficient (Wildman–Crippen LogP) is 5.53. The molecule has 192 valence electrons. The number of esters is 1. The molecule has 0 aliphatic rings. The van der Waals surface area contributed by atoms with Crippen LogP contribution in [0.25, 0.3) is 22.5 Å². The predicted molar refractivity (Wildman–Crippen MR) is 142 cm³/mol. The number of nitrogen functional groups attached to an aromatic ring is 1. The molecule has 0 atom stereocenters. The number of benzene rings is 3. The van der Waals surface area contributed by atoms with Gasteiger partial charge in [-0.25, -0.2) is 4.79 Å². The first-order valence-corrected chi connectivity index (χ1v) is 11.6. The van der Waals surface area contributed by atoms with Crippen LogP contribution >= 0.6 is 11.6 Å². The molecule has 0 fully saturated rings. The van der Waals surface area contributed by atoms with Crippen LogP contribution in [0.3, 0.4) is 0 Å². The molecule has 0 saturated heterocycles. The van der Waals surface area contributed by atoms with Crippen molar-refractivity contribution >= 4 is 35.0 Å². The van der Waals surface area contributed by atoms with Gasteiger partial charge in [0.2, 0.25) is 5.88 Å². The Labute approximate surface area is 223 Å². The lowest BCUT2D eigenvalue weighted by atomic mass is 9.98. The zero-order valence-electron chi connectivity index (χ0n) is 20.4. The van der Waals surface area contributed by atoms with Crippen LogP contribution in [-0.2, 0) is 9.53 Å². The molecule has 38 heavy (non-hydrogen) atoms. The summed E-state index contributed by atoms with van der Waals surface area (Å²) in [6.07, 6.45) is 0. The van der Waals surface area contributed by atoms with E-state index in [1.165, 1.54) is 18.2 Å². The van der Waals surface area contributed by atoms with Gasteiger partial charge in [0.25, 0.3) is 5.91 Å². The lowest BCUT2D eigenvalue weighted by molar-refractivity contribution is -0.119. The van der Waals surface area contributed by atoms with E-state index in [1.54, 1.807) is 62.8 Å². The number of halogens is 1. The van der Waals surface area contributed by atoms with Gasteiger partial charge in [0.05, 0.1) is 19.8 Å². The molecule has 0 spiro atoms. The van der Waals surface area contributed by atoms with Crippen LogP contribution in [-0.4, -0.2) is 32.7 Å². The van der Waals surface area contributed by atoms with Crippen molar-refractivity contribution in [2.75, 3.05) is 31.9 Å². The smallest absolute Gasteiger partial charge is 0.340 e. The Morgan fingerprint density at radius 3 is 2.13 bits per heavy atom. The van der Waals surface area contributed by atoms with E-state index in [-0.39, 0.29) is 22.7 Å². The van der Waals surface area contributed by atoms with E-state index in [9.17, 15) is 14.9 Å². The Kier molecular flexibility index (Phi) is 7.85. The number of amides is 1. The zero-order chi connectivity index (χ0) is 27.2. The van der Waals surface area contributed by atoms with Gasteiger partial charge in [0.15, 0.2) is 6.61 Å². The highest BCUT2D eigenvalue weighted by atomic mass is 35.5. The standard InChI is InChI=1S/C28H22ClN3O6/c1-35-19-8-3-16(4-9-19)25-22(14-30)27(38-26(25)17-5-10-20(36-2)11-6-17)32-24(33)15-37-28(34)21-12-7-18(29)13-23(21)31/h3-13H,15,31H2,1-2H3,(H,32,33). The summed E-state index contributed by atoms with van der Waals surface area (Å²) in [7, 11) is 3.11.